The van der Waals surface area contributed by atoms with Crippen LogP contribution in [0.2, 0.25) is 0 Å². The molecule has 5 nitrogen and oxygen atoms in total. The molecule has 3 rings (SSSR count). The second kappa shape index (κ2) is 8.02. The minimum absolute atomic E-state index is 0.152. The highest BCUT2D eigenvalue weighted by Gasteiger charge is 2.33. The van der Waals surface area contributed by atoms with E-state index in [9.17, 15) is 4.39 Å². The molecule has 6 heteroatoms. The van der Waals surface area contributed by atoms with Crippen LogP contribution in [-0.4, -0.2) is 54.8 Å². The Kier molecular flexibility index (Phi) is 5.78. The summed E-state index contributed by atoms with van der Waals surface area (Å²) in [6, 6.07) is 4.36. The number of alkyl halides is 1. The van der Waals surface area contributed by atoms with Crippen LogP contribution in [-0.2, 0) is 4.74 Å². The van der Waals surface area contributed by atoms with Gasteiger partial charge in [0.25, 0.3) is 0 Å². The van der Waals surface area contributed by atoms with Gasteiger partial charge in [0.15, 0.2) is 5.82 Å². The largest absolute Gasteiger partial charge is 0.381 e. The number of nitrogens with zero attached hydrogens (tertiary/aromatic N) is 3. The summed E-state index contributed by atoms with van der Waals surface area (Å²) in [5.74, 6) is 1.52. The van der Waals surface area contributed by atoms with Crippen molar-refractivity contribution in [3.8, 4) is 0 Å². The zero-order chi connectivity index (χ0) is 16.1. The molecule has 3 heterocycles. The molecule has 23 heavy (non-hydrogen) atoms. The van der Waals surface area contributed by atoms with Gasteiger partial charge in [0.2, 0.25) is 0 Å². The number of aromatic nitrogens is 2. The van der Waals surface area contributed by atoms with Crippen molar-refractivity contribution in [3.63, 3.8) is 0 Å². The van der Waals surface area contributed by atoms with Crippen molar-refractivity contribution in [3.05, 3.63) is 18.3 Å². The van der Waals surface area contributed by atoms with E-state index >= 15 is 0 Å². The zero-order valence-electron chi connectivity index (χ0n) is 13.8. The van der Waals surface area contributed by atoms with E-state index in [1.54, 1.807) is 6.20 Å². The van der Waals surface area contributed by atoms with Crippen LogP contribution in [0.1, 0.15) is 32.6 Å². The van der Waals surface area contributed by atoms with E-state index in [2.05, 4.69) is 22.4 Å². The Morgan fingerprint density at radius 1 is 1.43 bits per heavy atom. The summed E-state index contributed by atoms with van der Waals surface area (Å²) in [5.41, 5.74) is 0. The van der Waals surface area contributed by atoms with Gasteiger partial charge in [-0.15, -0.1) is 5.10 Å². The predicted octanol–water partition coefficient (Wildman–Crippen LogP) is 2.19. The Morgan fingerprint density at radius 2 is 2.26 bits per heavy atom. The second-order valence-electron chi connectivity index (χ2n) is 6.82. The van der Waals surface area contributed by atoms with E-state index in [-0.39, 0.29) is 6.04 Å². The van der Waals surface area contributed by atoms with Gasteiger partial charge in [-0.1, -0.05) is 0 Å². The summed E-state index contributed by atoms with van der Waals surface area (Å²) < 4.78 is 19.3. The molecule has 0 amide bonds. The van der Waals surface area contributed by atoms with E-state index < -0.39 is 6.17 Å². The van der Waals surface area contributed by atoms with E-state index in [1.807, 2.05) is 17.0 Å². The number of ether oxygens (including phenoxy) is 1. The number of anilines is 1. The van der Waals surface area contributed by atoms with Crippen LogP contribution in [0.4, 0.5) is 10.2 Å². The summed E-state index contributed by atoms with van der Waals surface area (Å²) in [6.45, 7) is 5.22. The number of hydrogen-bond donors (Lipinski definition) is 1. The van der Waals surface area contributed by atoms with Crippen molar-refractivity contribution < 1.29 is 9.13 Å². The fraction of sp³-hybridized carbons (Fsp3) is 0.765. The van der Waals surface area contributed by atoms with E-state index in [0.29, 0.717) is 19.0 Å². The van der Waals surface area contributed by atoms with Crippen LogP contribution in [0.15, 0.2) is 18.3 Å². The van der Waals surface area contributed by atoms with Gasteiger partial charge < -0.3 is 15.0 Å². The minimum Gasteiger partial charge on any atom is -0.381 e. The summed E-state index contributed by atoms with van der Waals surface area (Å²) >= 11 is 0. The highest BCUT2D eigenvalue weighted by Crippen LogP contribution is 2.25. The molecule has 0 bridgehead atoms. The van der Waals surface area contributed by atoms with Gasteiger partial charge in [0, 0.05) is 44.5 Å². The maximum atomic E-state index is 13.9. The maximum absolute atomic E-state index is 13.9. The highest BCUT2D eigenvalue weighted by molar-refractivity contribution is 5.40. The van der Waals surface area contributed by atoms with Crippen LogP contribution in [0.25, 0.3) is 0 Å². The third-order valence-corrected chi connectivity index (χ3v) is 4.95. The van der Waals surface area contributed by atoms with Gasteiger partial charge in [-0.25, -0.2) is 4.39 Å². The van der Waals surface area contributed by atoms with Crippen LogP contribution in [0.3, 0.4) is 0 Å². The summed E-state index contributed by atoms with van der Waals surface area (Å²) in [5, 5.41) is 11.6. The topological polar surface area (TPSA) is 50.3 Å². The van der Waals surface area contributed by atoms with Crippen LogP contribution in [0, 0.1) is 5.92 Å². The van der Waals surface area contributed by atoms with Gasteiger partial charge in [0.05, 0.1) is 6.54 Å². The maximum Gasteiger partial charge on any atom is 0.151 e. The summed E-state index contributed by atoms with van der Waals surface area (Å²) in [6.07, 6.45) is 4.92. The zero-order valence-corrected chi connectivity index (χ0v) is 13.8. The fourth-order valence-electron chi connectivity index (χ4n) is 3.68. The Balaban J connectivity index is 1.49. The summed E-state index contributed by atoms with van der Waals surface area (Å²) in [7, 11) is 0. The standard InChI is InChI=1S/C17H27FN4O/c1-13(9-14-4-7-23-8-5-14)19-11-16-10-15(18)12-22(16)17-3-2-6-20-21-17/h2-3,6,13-16,19H,4-5,7-12H2,1H3/t13-,15-,16-/m0/s1. The molecule has 1 N–H and O–H groups in total. The Bertz CT molecular complexity index is 469. The SMILES string of the molecule is C[C@@H](CC1CCOCC1)NC[C@@H]1C[C@H](F)CN1c1cccnn1. The molecule has 2 saturated heterocycles. The average molecular weight is 322 g/mol. The van der Waals surface area contributed by atoms with Crippen molar-refractivity contribution in [1.29, 1.82) is 0 Å². The van der Waals surface area contributed by atoms with Crippen molar-refractivity contribution in [2.45, 2.75) is 50.9 Å². The Morgan fingerprint density at radius 3 is 3.00 bits per heavy atom. The second-order valence-corrected chi connectivity index (χ2v) is 6.82. The molecular formula is C17H27FN4O. The lowest BCUT2D eigenvalue weighted by atomic mass is 9.93. The predicted molar refractivity (Wildman–Crippen MR) is 88.3 cm³/mol. The first kappa shape index (κ1) is 16.6. The quantitative estimate of drug-likeness (QED) is 0.870. The molecule has 2 fully saturated rings. The van der Waals surface area contributed by atoms with Crippen LogP contribution in [0.5, 0.6) is 0 Å². The molecule has 0 spiro atoms. The normalized spacial score (nSPS) is 27.3. The smallest absolute Gasteiger partial charge is 0.151 e. The third kappa shape index (κ3) is 4.61. The molecule has 2 aliphatic heterocycles. The lowest BCUT2D eigenvalue weighted by Crippen LogP contribution is -2.42. The van der Waals surface area contributed by atoms with Gasteiger partial charge in [0.1, 0.15) is 6.17 Å². The first-order chi connectivity index (χ1) is 11.2. The fourth-order valence-corrected chi connectivity index (χ4v) is 3.68. The van der Waals surface area contributed by atoms with Gasteiger partial charge in [-0.05, 0) is 44.2 Å². The highest BCUT2D eigenvalue weighted by atomic mass is 19.1. The van der Waals surface area contributed by atoms with Crippen LogP contribution >= 0.6 is 0 Å². The van der Waals surface area contributed by atoms with Gasteiger partial charge >= 0.3 is 0 Å². The molecule has 128 valence electrons. The van der Waals surface area contributed by atoms with Crippen molar-refractivity contribution in [1.82, 2.24) is 15.5 Å². The first-order valence-electron chi connectivity index (χ1n) is 8.72. The minimum atomic E-state index is -0.783. The molecule has 0 unspecified atom stereocenters. The number of hydrogen-bond acceptors (Lipinski definition) is 5. The molecule has 1 aromatic heterocycles. The van der Waals surface area contributed by atoms with E-state index in [4.69, 9.17) is 4.74 Å². The van der Waals surface area contributed by atoms with Crippen molar-refractivity contribution in [2.24, 2.45) is 5.92 Å². The van der Waals surface area contributed by atoms with Gasteiger partial charge in [-0.3, -0.25) is 0 Å². The van der Waals surface area contributed by atoms with Gasteiger partial charge in [-0.2, -0.15) is 5.10 Å². The molecule has 1 aromatic rings. The molecular weight excluding hydrogens is 295 g/mol. The lowest BCUT2D eigenvalue weighted by molar-refractivity contribution is 0.0611. The Hall–Kier alpha value is -1.27. The average Bonchev–Trinajstić information content (AvgIpc) is 2.96. The first-order valence-corrected chi connectivity index (χ1v) is 8.72. The number of nitrogens with one attached hydrogen (secondary N) is 1. The molecule has 0 aliphatic carbocycles. The Labute approximate surface area is 137 Å². The third-order valence-electron chi connectivity index (χ3n) is 4.95. The molecule has 0 aromatic carbocycles. The lowest BCUT2D eigenvalue weighted by Gasteiger charge is -2.29. The van der Waals surface area contributed by atoms with Crippen LogP contribution < -0.4 is 10.2 Å². The molecule has 2 aliphatic rings. The summed E-state index contributed by atoms with van der Waals surface area (Å²) in [4.78, 5) is 2.05. The van der Waals surface area contributed by atoms with Crippen molar-refractivity contribution in [2.75, 3.05) is 31.2 Å². The molecule has 0 radical (unpaired) electrons. The molecule has 3 atom stereocenters. The van der Waals surface area contributed by atoms with E-state index in [1.165, 1.54) is 6.42 Å². The molecule has 0 saturated carbocycles. The van der Waals surface area contributed by atoms with E-state index in [0.717, 1.165) is 44.3 Å². The van der Waals surface area contributed by atoms with Crippen molar-refractivity contribution >= 4 is 5.82 Å². The monoisotopic (exact) mass is 322 g/mol. The number of halogens is 1. The number of rotatable bonds is 6.